The van der Waals surface area contributed by atoms with Crippen molar-refractivity contribution in [1.82, 2.24) is 4.90 Å². The van der Waals surface area contributed by atoms with Crippen LogP contribution in [0.3, 0.4) is 0 Å². The van der Waals surface area contributed by atoms with Crippen LogP contribution in [0.15, 0.2) is 59.5 Å². The summed E-state index contributed by atoms with van der Waals surface area (Å²) in [5, 5.41) is 10.7. The van der Waals surface area contributed by atoms with Gasteiger partial charge in [-0.25, -0.2) is 0 Å². The molecule has 1 heterocycles. The molecule has 0 saturated carbocycles. The summed E-state index contributed by atoms with van der Waals surface area (Å²) in [5.74, 6) is 0. The van der Waals surface area contributed by atoms with Crippen molar-refractivity contribution in [3.8, 4) is 6.07 Å². The third kappa shape index (κ3) is 4.41. The van der Waals surface area contributed by atoms with Gasteiger partial charge in [-0.2, -0.15) is 5.26 Å². The molecular weight excluding hydrogens is 276 g/mol. The van der Waals surface area contributed by atoms with Crippen LogP contribution in [0.25, 0.3) is 0 Å². The maximum atomic E-state index is 9.70. The first kappa shape index (κ1) is 17.4. The quantitative estimate of drug-likeness (QED) is 0.645. The highest BCUT2D eigenvalue weighted by Gasteiger charge is 2.37. The Hall–Kier alpha value is -1.66. The maximum Gasteiger partial charge on any atom is 0.0852 e. The van der Waals surface area contributed by atoms with E-state index in [1.165, 1.54) is 0 Å². The second-order valence-electron chi connectivity index (χ2n) is 5.22. The van der Waals surface area contributed by atoms with Gasteiger partial charge in [0.15, 0.2) is 0 Å². The van der Waals surface area contributed by atoms with Crippen molar-refractivity contribution >= 4 is 11.8 Å². The van der Waals surface area contributed by atoms with Crippen molar-refractivity contribution in [2.24, 2.45) is 5.41 Å². The lowest BCUT2D eigenvalue weighted by molar-refractivity contribution is 0.217. The highest BCUT2D eigenvalue weighted by molar-refractivity contribution is 8.06. The molecule has 21 heavy (non-hydrogen) atoms. The predicted molar refractivity (Wildman–Crippen MR) is 93.5 cm³/mol. The number of thioether (sulfide) groups is 1. The second kappa shape index (κ2) is 7.95. The normalized spacial score (nSPS) is 18.3. The third-order valence-electron chi connectivity index (χ3n) is 3.75. The molecule has 0 unspecified atom stereocenters. The lowest BCUT2D eigenvalue weighted by Gasteiger charge is -2.39. The molecule has 0 aromatic carbocycles. The molecule has 0 atom stereocenters. The molecule has 0 spiro atoms. The summed E-state index contributed by atoms with van der Waals surface area (Å²) in [5.41, 5.74) is 0.696. The van der Waals surface area contributed by atoms with Crippen LogP contribution < -0.4 is 0 Å². The van der Waals surface area contributed by atoms with E-state index in [1.807, 2.05) is 32.1 Å². The number of rotatable bonds is 6. The third-order valence-corrected chi connectivity index (χ3v) is 4.59. The number of likely N-dealkylation sites (tertiary alicyclic amines) is 1. The van der Waals surface area contributed by atoms with Crippen LogP contribution in [0.4, 0.5) is 0 Å². The van der Waals surface area contributed by atoms with Gasteiger partial charge < -0.3 is 4.90 Å². The molecule has 1 saturated heterocycles. The van der Waals surface area contributed by atoms with E-state index in [-0.39, 0.29) is 5.41 Å². The lowest BCUT2D eigenvalue weighted by Crippen LogP contribution is -2.39. The van der Waals surface area contributed by atoms with Crippen LogP contribution in [0.5, 0.6) is 0 Å². The lowest BCUT2D eigenvalue weighted by atomic mass is 9.73. The molecule has 0 radical (unpaired) electrons. The zero-order valence-electron chi connectivity index (χ0n) is 13.1. The average Bonchev–Trinajstić information content (AvgIpc) is 2.47. The fraction of sp³-hybridized carbons (Fsp3) is 0.389. The first-order valence-corrected chi connectivity index (χ1v) is 7.95. The van der Waals surface area contributed by atoms with Crippen LogP contribution in [0.2, 0.25) is 0 Å². The molecule has 1 aliphatic heterocycles. The summed E-state index contributed by atoms with van der Waals surface area (Å²) in [6, 6.07) is 2.54. The smallest absolute Gasteiger partial charge is 0.0852 e. The van der Waals surface area contributed by atoms with Crippen LogP contribution >= 0.6 is 11.8 Å². The summed E-state index contributed by atoms with van der Waals surface area (Å²) in [4.78, 5) is 3.29. The van der Waals surface area contributed by atoms with Gasteiger partial charge in [0.2, 0.25) is 0 Å². The van der Waals surface area contributed by atoms with E-state index in [4.69, 9.17) is 0 Å². The highest BCUT2D eigenvalue weighted by Crippen LogP contribution is 2.41. The number of hydrogen-bond donors (Lipinski definition) is 0. The molecule has 0 aromatic rings. The fourth-order valence-electron chi connectivity index (χ4n) is 2.57. The molecule has 1 rings (SSSR count). The molecule has 0 amide bonds. The van der Waals surface area contributed by atoms with E-state index in [1.54, 1.807) is 17.8 Å². The van der Waals surface area contributed by atoms with Crippen LogP contribution in [0, 0.1) is 16.7 Å². The second-order valence-corrected chi connectivity index (χ2v) is 6.59. The Balaban J connectivity index is 2.81. The first-order chi connectivity index (χ1) is 9.99. The Morgan fingerprint density at radius 1 is 1.33 bits per heavy atom. The zero-order valence-corrected chi connectivity index (χ0v) is 13.9. The Bertz CT molecular complexity index is 512. The molecule has 0 aromatic heterocycles. The van der Waals surface area contributed by atoms with Crippen LogP contribution in [-0.4, -0.2) is 18.0 Å². The topological polar surface area (TPSA) is 27.0 Å². The SMILES string of the molecule is C=C/C=C\C(=C/C)C1(C#N)CCN(C(=C)SC(=C)C)CC1. The highest BCUT2D eigenvalue weighted by atomic mass is 32.2. The number of hydrogen-bond acceptors (Lipinski definition) is 3. The van der Waals surface area contributed by atoms with Gasteiger partial charge in [0.25, 0.3) is 0 Å². The largest absolute Gasteiger partial charge is 0.366 e. The van der Waals surface area contributed by atoms with E-state index in [9.17, 15) is 5.26 Å². The minimum Gasteiger partial charge on any atom is -0.366 e. The van der Waals surface area contributed by atoms with Gasteiger partial charge in [-0.15, -0.1) is 0 Å². The van der Waals surface area contributed by atoms with Crippen LogP contribution in [0.1, 0.15) is 26.7 Å². The summed E-state index contributed by atoms with van der Waals surface area (Å²) in [6.07, 6.45) is 9.33. The summed E-state index contributed by atoms with van der Waals surface area (Å²) < 4.78 is 0. The summed E-state index contributed by atoms with van der Waals surface area (Å²) >= 11 is 1.61. The average molecular weight is 300 g/mol. The molecular formula is C18H24N2S. The molecule has 112 valence electrons. The van der Waals surface area contributed by atoms with Gasteiger partial charge in [-0.1, -0.05) is 55.8 Å². The van der Waals surface area contributed by atoms with Crippen molar-refractivity contribution in [1.29, 1.82) is 5.26 Å². The van der Waals surface area contributed by atoms with Crippen LogP contribution in [-0.2, 0) is 0 Å². The predicted octanol–water partition coefficient (Wildman–Crippen LogP) is 5.02. The standard InChI is InChI=1S/C18H24N2S/c1-6-8-9-17(7-2)18(14-19)10-12-20(13-11-18)16(5)21-15(3)4/h6-9H,1,3,5,10-13H2,2,4H3/b9-8-,17-7+. The van der Waals surface area contributed by atoms with E-state index >= 15 is 0 Å². The number of piperidine rings is 1. The van der Waals surface area contributed by atoms with Crippen molar-refractivity contribution in [3.63, 3.8) is 0 Å². The van der Waals surface area contributed by atoms with Gasteiger partial charge in [0, 0.05) is 13.1 Å². The molecule has 0 aliphatic carbocycles. The monoisotopic (exact) mass is 300 g/mol. The van der Waals surface area contributed by atoms with Gasteiger partial charge in [-0.3, -0.25) is 0 Å². The van der Waals surface area contributed by atoms with E-state index in [2.05, 4.69) is 30.7 Å². The van der Waals surface area contributed by atoms with E-state index < -0.39 is 0 Å². The zero-order chi connectivity index (χ0) is 15.9. The first-order valence-electron chi connectivity index (χ1n) is 7.13. The number of nitriles is 1. The van der Waals surface area contributed by atoms with Gasteiger partial charge in [0.1, 0.15) is 0 Å². The molecule has 1 fully saturated rings. The van der Waals surface area contributed by atoms with E-state index in [0.717, 1.165) is 41.4 Å². The van der Waals surface area contributed by atoms with Crippen molar-refractivity contribution in [2.45, 2.75) is 26.7 Å². The fourth-order valence-corrected chi connectivity index (χ4v) is 3.29. The summed E-state index contributed by atoms with van der Waals surface area (Å²) in [7, 11) is 0. The summed E-state index contributed by atoms with van der Waals surface area (Å²) in [6.45, 7) is 17.4. The Labute approximate surface area is 133 Å². The number of allylic oxidation sites excluding steroid dienone is 6. The minimum atomic E-state index is -0.390. The maximum absolute atomic E-state index is 9.70. The molecule has 0 bridgehead atoms. The molecule has 3 heteroatoms. The van der Waals surface area contributed by atoms with Crippen molar-refractivity contribution in [2.75, 3.05) is 13.1 Å². The van der Waals surface area contributed by atoms with E-state index in [0.29, 0.717) is 0 Å². The van der Waals surface area contributed by atoms with Gasteiger partial charge in [0.05, 0.1) is 16.5 Å². The van der Waals surface area contributed by atoms with Crippen molar-refractivity contribution < 1.29 is 0 Å². The Kier molecular flexibility index (Phi) is 6.58. The molecule has 0 N–H and O–H groups in total. The molecule has 2 nitrogen and oxygen atoms in total. The van der Waals surface area contributed by atoms with Crippen molar-refractivity contribution in [3.05, 3.63) is 59.5 Å². The molecule has 1 aliphatic rings. The number of nitrogens with zero attached hydrogens (tertiary/aromatic N) is 2. The minimum absolute atomic E-state index is 0.390. The van der Waals surface area contributed by atoms with Gasteiger partial charge >= 0.3 is 0 Å². The Morgan fingerprint density at radius 2 is 1.95 bits per heavy atom. The van der Waals surface area contributed by atoms with Gasteiger partial charge in [-0.05, 0) is 37.2 Å². The Morgan fingerprint density at radius 3 is 2.38 bits per heavy atom.